The third-order valence-corrected chi connectivity index (χ3v) is 8.18. The summed E-state index contributed by atoms with van der Waals surface area (Å²) < 4.78 is 7.11. The molecule has 1 amide bonds. The quantitative estimate of drug-likeness (QED) is 0.258. The number of ether oxygens (including phenoxy) is 1. The summed E-state index contributed by atoms with van der Waals surface area (Å²) in [5.41, 5.74) is 2.56. The lowest BCUT2D eigenvalue weighted by Crippen LogP contribution is -2.23. The van der Waals surface area contributed by atoms with Gasteiger partial charge in [0.1, 0.15) is 10.6 Å². The smallest absolute Gasteiger partial charge is 0.267 e. The Labute approximate surface area is 212 Å². The highest BCUT2D eigenvalue weighted by atomic mass is 32.2. The molecule has 0 saturated carbocycles. The van der Waals surface area contributed by atoms with Crippen LogP contribution in [0.15, 0.2) is 64.5 Å². The Kier molecular flexibility index (Phi) is 6.92. The molecule has 6 nitrogen and oxygen atoms in total. The van der Waals surface area contributed by atoms with E-state index in [2.05, 4.69) is 12.2 Å². The zero-order chi connectivity index (χ0) is 24.4. The molecule has 1 aliphatic carbocycles. The second-order valence-corrected chi connectivity index (χ2v) is 10.7. The van der Waals surface area contributed by atoms with E-state index in [1.54, 1.807) is 15.9 Å². The molecule has 2 aromatic heterocycles. The summed E-state index contributed by atoms with van der Waals surface area (Å²) in [7, 11) is 0. The number of thiophene rings is 1. The van der Waals surface area contributed by atoms with Gasteiger partial charge in [-0.15, -0.1) is 11.3 Å². The van der Waals surface area contributed by atoms with Crippen LogP contribution in [0.25, 0.3) is 15.9 Å². The molecular weight excluding hydrogens is 478 g/mol. The average molecular weight is 506 g/mol. The maximum absolute atomic E-state index is 13.8. The number of anilines is 1. The predicted octanol–water partition coefficient (Wildman–Crippen LogP) is 5.70. The van der Waals surface area contributed by atoms with E-state index in [-0.39, 0.29) is 17.2 Å². The van der Waals surface area contributed by atoms with Crippen molar-refractivity contribution in [2.75, 3.05) is 17.7 Å². The Morgan fingerprint density at radius 3 is 2.71 bits per heavy atom. The Bertz CT molecular complexity index is 1410. The lowest BCUT2D eigenvalue weighted by Gasteiger charge is -2.17. The summed E-state index contributed by atoms with van der Waals surface area (Å²) in [6.07, 6.45) is 3.00. The Morgan fingerprint density at radius 2 is 1.97 bits per heavy atom. The normalized spacial score (nSPS) is 15.1. The van der Waals surface area contributed by atoms with Crippen LogP contribution in [-0.2, 0) is 17.6 Å². The largest absolute Gasteiger partial charge is 0.494 e. The van der Waals surface area contributed by atoms with Gasteiger partial charge < -0.3 is 10.1 Å². The van der Waals surface area contributed by atoms with Gasteiger partial charge in [-0.1, -0.05) is 36.9 Å². The molecule has 1 atom stereocenters. The summed E-state index contributed by atoms with van der Waals surface area (Å²) in [4.78, 5) is 33.5. The number of aryl methyl sites for hydroxylation is 1. The number of hydrogen-bond donors (Lipinski definition) is 1. The number of carbonyl (C=O) groups excluding carboxylic acids is 1. The fourth-order valence-electron chi connectivity index (χ4n) is 4.40. The van der Waals surface area contributed by atoms with Gasteiger partial charge in [0.05, 0.1) is 23.4 Å². The van der Waals surface area contributed by atoms with Crippen LogP contribution >= 0.6 is 23.1 Å². The van der Waals surface area contributed by atoms with Gasteiger partial charge in [-0.25, -0.2) is 4.98 Å². The van der Waals surface area contributed by atoms with Crippen molar-refractivity contribution in [1.29, 1.82) is 0 Å². The molecule has 0 aliphatic heterocycles. The van der Waals surface area contributed by atoms with Crippen LogP contribution in [0, 0.1) is 5.92 Å². The third-order valence-electron chi connectivity index (χ3n) is 6.09. The van der Waals surface area contributed by atoms with E-state index in [9.17, 15) is 9.59 Å². The Morgan fingerprint density at radius 1 is 1.20 bits per heavy atom. The molecule has 2 heterocycles. The van der Waals surface area contributed by atoms with Crippen molar-refractivity contribution in [3.8, 4) is 11.4 Å². The van der Waals surface area contributed by atoms with Gasteiger partial charge >= 0.3 is 0 Å². The van der Waals surface area contributed by atoms with Crippen LogP contribution in [0.1, 0.15) is 30.7 Å². The first-order chi connectivity index (χ1) is 17.0. The van der Waals surface area contributed by atoms with Crippen molar-refractivity contribution in [2.24, 2.45) is 5.92 Å². The standard InChI is InChI=1S/C27H27N3O3S2/c1-3-33-20-12-10-18(11-13-20)28-23(31)16-34-27-29-25-24(21-14-9-17(2)15-22(21)35-25)26(32)30(27)19-7-5-4-6-8-19/h4-8,10-13,17H,3,9,14-16H2,1-2H3,(H,28,31)/t17-/m0/s1. The highest BCUT2D eigenvalue weighted by Gasteiger charge is 2.25. The minimum Gasteiger partial charge on any atom is -0.494 e. The van der Waals surface area contributed by atoms with E-state index in [0.717, 1.165) is 46.5 Å². The summed E-state index contributed by atoms with van der Waals surface area (Å²) in [6, 6.07) is 16.8. The molecule has 0 radical (unpaired) electrons. The third kappa shape index (κ3) is 4.99. The van der Waals surface area contributed by atoms with Gasteiger partial charge in [0.25, 0.3) is 5.56 Å². The van der Waals surface area contributed by atoms with Gasteiger partial charge in [-0.05, 0) is 74.1 Å². The fourth-order valence-corrected chi connectivity index (χ4v) is 6.64. The van der Waals surface area contributed by atoms with Crippen molar-refractivity contribution >= 4 is 44.9 Å². The number of para-hydroxylation sites is 1. The number of rotatable bonds is 7. The topological polar surface area (TPSA) is 73.2 Å². The highest BCUT2D eigenvalue weighted by molar-refractivity contribution is 7.99. The number of hydrogen-bond acceptors (Lipinski definition) is 6. The van der Waals surface area contributed by atoms with E-state index in [0.29, 0.717) is 23.4 Å². The Balaban J connectivity index is 1.44. The second-order valence-electron chi connectivity index (χ2n) is 8.70. The van der Waals surface area contributed by atoms with Crippen molar-refractivity contribution in [3.05, 3.63) is 75.4 Å². The van der Waals surface area contributed by atoms with Gasteiger partial charge in [-0.3, -0.25) is 14.2 Å². The fraction of sp³-hybridized carbons (Fsp3) is 0.296. The van der Waals surface area contributed by atoms with Crippen LogP contribution in [-0.4, -0.2) is 27.8 Å². The van der Waals surface area contributed by atoms with E-state index in [1.807, 2.05) is 61.5 Å². The highest BCUT2D eigenvalue weighted by Crippen LogP contribution is 2.37. The minimum absolute atomic E-state index is 0.0531. The molecule has 4 aromatic rings. The number of carbonyl (C=O) groups is 1. The van der Waals surface area contributed by atoms with Gasteiger partial charge in [0.15, 0.2) is 5.16 Å². The van der Waals surface area contributed by atoms with Crippen LogP contribution < -0.4 is 15.6 Å². The van der Waals surface area contributed by atoms with Crippen molar-refractivity contribution in [1.82, 2.24) is 9.55 Å². The lowest BCUT2D eigenvalue weighted by atomic mass is 9.89. The van der Waals surface area contributed by atoms with Crippen LogP contribution in [0.2, 0.25) is 0 Å². The van der Waals surface area contributed by atoms with Crippen molar-refractivity contribution in [3.63, 3.8) is 0 Å². The van der Waals surface area contributed by atoms with Crippen LogP contribution in [0.3, 0.4) is 0 Å². The van der Waals surface area contributed by atoms with Gasteiger partial charge in [0, 0.05) is 10.6 Å². The lowest BCUT2D eigenvalue weighted by molar-refractivity contribution is -0.113. The maximum atomic E-state index is 13.8. The minimum atomic E-state index is -0.160. The number of amides is 1. The Hall–Kier alpha value is -3.10. The molecule has 0 unspecified atom stereocenters. The molecule has 2 aromatic carbocycles. The molecule has 1 aliphatic rings. The number of nitrogens with one attached hydrogen (secondary N) is 1. The van der Waals surface area contributed by atoms with E-state index in [4.69, 9.17) is 9.72 Å². The summed E-state index contributed by atoms with van der Waals surface area (Å²) in [5, 5.41) is 4.18. The van der Waals surface area contributed by atoms with Crippen molar-refractivity contribution in [2.45, 2.75) is 38.3 Å². The van der Waals surface area contributed by atoms with E-state index < -0.39 is 0 Å². The van der Waals surface area contributed by atoms with E-state index in [1.165, 1.54) is 16.6 Å². The molecule has 0 fully saturated rings. The molecule has 8 heteroatoms. The number of fused-ring (bicyclic) bond motifs is 3. The molecule has 0 saturated heterocycles. The van der Waals surface area contributed by atoms with Crippen LogP contribution in [0.5, 0.6) is 5.75 Å². The number of nitrogens with zero attached hydrogens (tertiary/aromatic N) is 2. The first-order valence-electron chi connectivity index (χ1n) is 11.8. The van der Waals surface area contributed by atoms with Gasteiger partial charge in [0.2, 0.25) is 5.91 Å². The number of aromatic nitrogens is 2. The van der Waals surface area contributed by atoms with Gasteiger partial charge in [-0.2, -0.15) is 0 Å². The first kappa shape index (κ1) is 23.6. The summed E-state index contributed by atoms with van der Waals surface area (Å²) in [5.74, 6) is 1.36. The molecule has 35 heavy (non-hydrogen) atoms. The number of benzene rings is 2. The molecule has 180 valence electrons. The molecular formula is C27H27N3O3S2. The molecule has 1 N–H and O–H groups in total. The van der Waals surface area contributed by atoms with Crippen LogP contribution in [0.4, 0.5) is 5.69 Å². The second kappa shape index (κ2) is 10.3. The number of thioether (sulfide) groups is 1. The molecule has 0 spiro atoms. The first-order valence-corrected chi connectivity index (χ1v) is 13.6. The zero-order valence-electron chi connectivity index (χ0n) is 19.7. The average Bonchev–Trinajstić information content (AvgIpc) is 3.22. The zero-order valence-corrected chi connectivity index (χ0v) is 21.4. The summed E-state index contributed by atoms with van der Waals surface area (Å²) in [6.45, 7) is 4.78. The SMILES string of the molecule is CCOc1ccc(NC(=O)CSc2nc3sc4c(c3c(=O)n2-c2ccccc2)CC[C@H](C)C4)cc1. The van der Waals surface area contributed by atoms with E-state index >= 15 is 0 Å². The predicted molar refractivity (Wildman–Crippen MR) is 143 cm³/mol. The maximum Gasteiger partial charge on any atom is 0.267 e. The monoisotopic (exact) mass is 505 g/mol. The molecule has 5 rings (SSSR count). The summed E-state index contributed by atoms with van der Waals surface area (Å²) >= 11 is 2.91. The van der Waals surface area contributed by atoms with Crippen molar-refractivity contribution < 1.29 is 9.53 Å². The molecule has 0 bridgehead atoms.